The van der Waals surface area contributed by atoms with Gasteiger partial charge in [0.15, 0.2) is 5.13 Å². The zero-order valence-corrected chi connectivity index (χ0v) is 10.7. The molecule has 4 nitrogen and oxygen atoms in total. The minimum atomic E-state index is -0.855. The summed E-state index contributed by atoms with van der Waals surface area (Å²) in [6.07, 6.45) is 0.681. The third-order valence-electron chi connectivity index (χ3n) is 2.50. The third-order valence-corrected chi connectivity index (χ3v) is 4.59. The summed E-state index contributed by atoms with van der Waals surface area (Å²) >= 11 is 3.24. The molecule has 1 aliphatic rings. The minimum absolute atomic E-state index is 0.399. The highest BCUT2D eigenvalue weighted by Gasteiger charge is 2.20. The van der Waals surface area contributed by atoms with E-state index >= 15 is 0 Å². The van der Waals surface area contributed by atoms with E-state index in [1.807, 2.05) is 18.7 Å². The van der Waals surface area contributed by atoms with E-state index < -0.39 is 5.97 Å². The molecule has 1 aromatic heterocycles. The lowest BCUT2D eigenvalue weighted by atomic mass is 10.3. The number of carboxylic acid groups (broad SMARTS) is 1. The molecule has 0 bridgehead atoms. The van der Waals surface area contributed by atoms with Crippen molar-refractivity contribution in [3.63, 3.8) is 0 Å². The fourth-order valence-corrected chi connectivity index (χ4v) is 3.58. The summed E-state index contributed by atoms with van der Waals surface area (Å²) in [5, 5.41) is 9.93. The van der Waals surface area contributed by atoms with Crippen LogP contribution < -0.4 is 4.90 Å². The molecule has 2 heterocycles. The monoisotopic (exact) mass is 258 g/mol. The number of carboxylic acids is 1. The standard InChI is InChI=1S/C10H14N2O2S2/c1-2-7-8(9(13)14)16-10(11-7)12-3-5-15-6-4-12/h2-6H2,1H3,(H,13,14). The number of thioether (sulfide) groups is 1. The Bertz CT molecular complexity index is 386. The van der Waals surface area contributed by atoms with Crippen LogP contribution in [0.2, 0.25) is 0 Å². The largest absolute Gasteiger partial charge is 0.477 e. The molecule has 1 saturated heterocycles. The lowest BCUT2D eigenvalue weighted by molar-refractivity contribution is 0.0701. The number of nitrogens with zero attached hydrogens (tertiary/aromatic N) is 2. The van der Waals surface area contributed by atoms with E-state index in [1.165, 1.54) is 11.3 Å². The van der Waals surface area contributed by atoms with Crippen molar-refractivity contribution < 1.29 is 9.90 Å². The average molecular weight is 258 g/mol. The fourth-order valence-electron chi connectivity index (χ4n) is 1.64. The molecule has 0 amide bonds. The average Bonchev–Trinajstić information content (AvgIpc) is 2.74. The highest BCUT2D eigenvalue weighted by molar-refractivity contribution is 7.99. The maximum absolute atomic E-state index is 11.0. The molecule has 1 aromatic rings. The molecule has 1 fully saturated rings. The minimum Gasteiger partial charge on any atom is -0.477 e. The predicted molar refractivity (Wildman–Crippen MR) is 68.0 cm³/mol. The second-order valence-electron chi connectivity index (χ2n) is 3.53. The second-order valence-corrected chi connectivity index (χ2v) is 5.73. The van der Waals surface area contributed by atoms with E-state index in [1.54, 1.807) is 0 Å². The van der Waals surface area contributed by atoms with Crippen LogP contribution in [0.5, 0.6) is 0 Å². The zero-order chi connectivity index (χ0) is 11.5. The van der Waals surface area contributed by atoms with Gasteiger partial charge in [0.25, 0.3) is 0 Å². The summed E-state index contributed by atoms with van der Waals surface area (Å²) < 4.78 is 0. The number of rotatable bonds is 3. The van der Waals surface area contributed by atoms with E-state index in [2.05, 4.69) is 9.88 Å². The Kier molecular flexibility index (Phi) is 3.70. The van der Waals surface area contributed by atoms with E-state index in [0.717, 1.165) is 29.7 Å². The Morgan fingerprint density at radius 3 is 2.69 bits per heavy atom. The molecular formula is C10H14N2O2S2. The van der Waals surface area contributed by atoms with E-state index in [-0.39, 0.29) is 0 Å². The van der Waals surface area contributed by atoms with Gasteiger partial charge in [-0.2, -0.15) is 11.8 Å². The topological polar surface area (TPSA) is 53.4 Å². The van der Waals surface area contributed by atoms with Crippen LogP contribution in [-0.2, 0) is 6.42 Å². The number of anilines is 1. The van der Waals surface area contributed by atoms with Gasteiger partial charge in [-0.1, -0.05) is 18.3 Å². The summed E-state index contributed by atoms with van der Waals surface area (Å²) in [5.41, 5.74) is 0.714. The molecule has 0 saturated carbocycles. The molecule has 0 aromatic carbocycles. The Morgan fingerprint density at radius 1 is 1.50 bits per heavy atom. The predicted octanol–water partition coefficient (Wildman–Crippen LogP) is 1.96. The van der Waals surface area contributed by atoms with Crippen molar-refractivity contribution in [1.29, 1.82) is 0 Å². The Morgan fingerprint density at radius 2 is 2.19 bits per heavy atom. The summed E-state index contributed by atoms with van der Waals surface area (Å²) in [6, 6.07) is 0. The van der Waals surface area contributed by atoms with Gasteiger partial charge in [-0.3, -0.25) is 0 Å². The Labute approximate surface area is 103 Å². The molecule has 16 heavy (non-hydrogen) atoms. The summed E-state index contributed by atoms with van der Waals surface area (Å²) in [4.78, 5) is 18.0. The maximum Gasteiger partial charge on any atom is 0.347 e. The third kappa shape index (κ3) is 2.32. The molecule has 0 radical (unpaired) electrons. The molecule has 0 atom stereocenters. The van der Waals surface area contributed by atoms with Crippen LogP contribution in [0, 0.1) is 0 Å². The number of thiazole rings is 1. The van der Waals surface area contributed by atoms with Gasteiger partial charge >= 0.3 is 5.97 Å². The van der Waals surface area contributed by atoms with Gasteiger partial charge in [-0.05, 0) is 6.42 Å². The number of aromatic nitrogens is 1. The zero-order valence-electron chi connectivity index (χ0n) is 9.10. The highest BCUT2D eigenvalue weighted by atomic mass is 32.2. The highest BCUT2D eigenvalue weighted by Crippen LogP contribution is 2.28. The van der Waals surface area contributed by atoms with Gasteiger partial charge in [0.05, 0.1) is 5.69 Å². The van der Waals surface area contributed by atoms with Crippen LogP contribution in [0.25, 0.3) is 0 Å². The Hall–Kier alpha value is -0.750. The van der Waals surface area contributed by atoms with Crippen molar-refractivity contribution in [2.24, 2.45) is 0 Å². The van der Waals surface area contributed by atoms with Crippen LogP contribution >= 0.6 is 23.1 Å². The van der Waals surface area contributed by atoms with Crippen molar-refractivity contribution in [3.8, 4) is 0 Å². The molecule has 1 aliphatic heterocycles. The number of hydrogen-bond acceptors (Lipinski definition) is 5. The normalized spacial score (nSPS) is 16.4. The first-order chi connectivity index (χ1) is 7.72. The number of hydrogen-bond donors (Lipinski definition) is 1. The van der Waals surface area contributed by atoms with Crippen LogP contribution in [0.3, 0.4) is 0 Å². The van der Waals surface area contributed by atoms with E-state index in [9.17, 15) is 4.79 Å². The smallest absolute Gasteiger partial charge is 0.347 e. The van der Waals surface area contributed by atoms with E-state index in [4.69, 9.17) is 5.11 Å². The van der Waals surface area contributed by atoms with Crippen LogP contribution in [0.15, 0.2) is 0 Å². The van der Waals surface area contributed by atoms with Crippen molar-refractivity contribution in [1.82, 2.24) is 4.98 Å². The quantitative estimate of drug-likeness (QED) is 0.898. The first kappa shape index (κ1) is 11.7. The van der Waals surface area contributed by atoms with Gasteiger partial charge < -0.3 is 10.0 Å². The molecule has 2 rings (SSSR count). The first-order valence-corrected chi connectivity index (χ1v) is 7.25. The molecule has 88 valence electrons. The van der Waals surface area contributed by atoms with Gasteiger partial charge in [0.2, 0.25) is 0 Å². The summed E-state index contributed by atoms with van der Waals surface area (Å²) in [5.74, 6) is 1.35. The molecule has 0 aliphatic carbocycles. The first-order valence-electron chi connectivity index (χ1n) is 5.28. The number of carbonyl (C=O) groups is 1. The van der Waals surface area contributed by atoms with Gasteiger partial charge in [0.1, 0.15) is 4.88 Å². The lowest BCUT2D eigenvalue weighted by Crippen LogP contribution is -2.32. The van der Waals surface area contributed by atoms with Crippen LogP contribution in [-0.4, -0.2) is 40.7 Å². The number of aryl methyl sites for hydroxylation is 1. The molecular weight excluding hydrogens is 244 g/mol. The number of aromatic carboxylic acids is 1. The van der Waals surface area contributed by atoms with Crippen molar-refractivity contribution in [2.75, 3.05) is 29.5 Å². The maximum atomic E-state index is 11.0. The van der Waals surface area contributed by atoms with Gasteiger partial charge in [-0.25, -0.2) is 9.78 Å². The molecule has 6 heteroatoms. The molecule has 0 spiro atoms. The van der Waals surface area contributed by atoms with Crippen LogP contribution in [0.1, 0.15) is 22.3 Å². The van der Waals surface area contributed by atoms with Crippen molar-refractivity contribution in [3.05, 3.63) is 10.6 Å². The van der Waals surface area contributed by atoms with Crippen molar-refractivity contribution >= 4 is 34.2 Å². The fraction of sp³-hybridized carbons (Fsp3) is 0.600. The van der Waals surface area contributed by atoms with Gasteiger partial charge in [0, 0.05) is 24.6 Å². The summed E-state index contributed by atoms with van der Waals surface area (Å²) in [7, 11) is 0. The van der Waals surface area contributed by atoms with Crippen LogP contribution in [0.4, 0.5) is 5.13 Å². The van der Waals surface area contributed by atoms with E-state index in [0.29, 0.717) is 17.0 Å². The SMILES string of the molecule is CCc1nc(N2CCSCC2)sc1C(=O)O. The second kappa shape index (κ2) is 5.05. The lowest BCUT2D eigenvalue weighted by Gasteiger charge is -2.25. The van der Waals surface area contributed by atoms with Gasteiger partial charge in [-0.15, -0.1) is 0 Å². The molecule has 0 unspecified atom stereocenters. The summed E-state index contributed by atoms with van der Waals surface area (Å²) in [6.45, 7) is 3.89. The Balaban J connectivity index is 2.24. The van der Waals surface area contributed by atoms with Crippen molar-refractivity contribution in [2.45, 2.75) is 13.3 Å². The molecule has 1 N–H and O–H groups in total.